The Labute approximate surface area is 211 Å². The maximum absolute atomic E-state index is 13.6. The third-order valence-corrected chi connectivity index (χ3v) is 6.51. The van der Waals surface area contributed by atoms with Crippen LogP contribution >= 0.6 is 0 Å². The molecule has 0 unspecified atom stereocenters. The number of aliphatic hydroxyl groups excluding tert-OH is 1. The van der Waals surface area contributed by atoms with E-state index in [2.05, 4.69) is 27.9 Å². The van der Waals surface area contributed by atoms with E-state index in [1.807, 2.05) is 38.4 Å². The quantitative estimate of drug-likeness (QED) is 0.547. The smallest absolute Gasteiger partial charge is 0.259 e. The third kappa shape index (κ3) is 5.70. The van der Waals surface area contributed by atoms with Gasteiger partial charge < -0.3 is 14.7 Å². The van der Waals surface area contributed by atoms with E-state index in [0.717, 1.165) is 16.7 Å². The number of aliphatic hydroxyl groups is 1. The number of hydrogen-bond acceptors (Lipinski definition) is 7. The Hall–Kier alpha value is -3.80. The van der Waals surface area contributed by atoms with Crippen molar-refractivity contribution >= 4 is 5.91 Å². The number of carbonyl (C=O) groups excluding carboxylic acids is 1. The zero-order valence-corrected chi connectivity index (χ0v) is 20.8. The number of rotatable bonds is 7. The number of nitrogens with zero attached hydrogens (tertiary/aromatic N) is 5. The molecule has 0 aliphatic carbocycles. The molecule has 1 aromatic carbocycles. The van der Waals surface area contributed by atoms with Gasteiger partial charge in [0.1, 0.15) is 11.7 Å². The highest BCUT2D eigenvalue weighted by Gasteiger charge is 2.34. The van der Waals surface area contributed by atoms with Crippen molar-refractivity contribution in [2.45, 2.75) is 32.5 Å². The molecule has 0 fully saturated rings. The Bertz CT molecular complexity index is 1240. The predicted octanol–water partition coefficient (Wildman–Crippen LogP) is 3.37. The predicted molar refractivity (Wildman–Crippen MR) is 136 cm³/mol. The maximum Gasteiger partial charge on any atom is 0.259 e. The van der Waals surface area contributed by atoms with Gasteiger partial charge in [-0.3, -0.25) is 14.7 Å². The van der Waals surface area contributed by atoms with Gasteiger partial charge in [-0.25, -0.2) is 4.98 Å². The lowest BCUT2D eigenvalue weighted by atomic mass is 9.98. The second-order valence-electron chi connectivity index (χ2n) is 9.45. The number of fused-ring (bicyclic) bond motifs is 1. The second kappa shape index (κ2) is 11.3. The molecule has 1 aliphatic heterocycles. The molecule has 4 rings (SSSR count). The van der Waals surface area contributed by atoms with E-state index in [0.29, 0.717) is 30.8 Å². The van der Waals surface area contributed by atoms with Gasteiger partial charge in [-0.1, -0.05) is 25.1 Å². The van der Waals surface area contributed by atoms with Crippen molar-refractivity contribution < 1.29 is 14.6 Å². The minimum Gasteiger partial charge on any atom is -0.472 e. The fourth-order valence-corrected chi connectivity index (χ4v) is 4.42. The van der Waals surface area contributed by atoms with Crippen LogP contribution in [-0.4, -0.2) is 69.7 Å². The van der Waals surface area contributed by atoms with Crippen LogP contribution in [0.1, 0.15) is 35.3 Å². The normalized spacial score (nSPS) is 18.6. The molecule has 1 amide bonds. The van der Waals surface area contributed by atoms with Crippen molar-refractivity contribution in [2.75, 3.05) is 26.7 Å². The zero-order chi connectivity index (χ0) is 25.7. The average molecular weight is 486 g/mol. The number of nitriles is 1. The standard InChI is InChI=1S/C28H31N5O3/c1-19-15-33(20(2)18-34)28(35)25-11-24(23-8-4-6-21(10-23)12-29)14-31-27(25)36-26(19)17-32(3)16-22-7-5-9-30-13-22/h4-11,13-14,19-20,26,34H,15-18H2,1-3H3/t19-,20-,26+/m1/s1. The summed E-state index contributed by atoms with van der Waals surface area (Å²) in [6.45, 7) is 5.53. The summed E-state index contributed by atoms with van der Waals surface area (Å²) in [5.41, 5.74) is 3.50. The molecule has 0 radical (unpaired) electrons. The molecular weight excluding hydrogens is 454 g/mol. The van der Waals surface area contributed by atoms with Crippen LogP contribution in [0.4, 0.5) is 0 Å². The van der Waals surface area contributed by atoms with Gasteiger partial charge in [0.2, 0.25) is 5.88 Å². The summed E-state index contributed by atoms with van der Waals surface area (Å²) in [6, 6.07) is 14.7. The SMILES string of the molecule is C[C@@H]1CN([C@H](C)CO)C(=O)c2cc(-c3cccc(C#N)c3)cnc2O[C@H]1CN(C)Cc1cccnc1. The van der Waals surface area contributed by atoms with E-state index >= 15 is 0 Å². The molecule has 3 heterocycles. The maximum atomic E-state index is 13.6. The van der Waals surface area contributed by atoms with Gasteiger partial charge in [-0.15, -0.1) is 0 Å². The van der Waals surface area contributed by atoms with Crippen molar-refractivity contribution in [1.29, 1.82) is 5.26 Å². The number of likely N-dealkylation sites (N-methyl/N-ethyl adjacent to an activating group) is 1. The lowest BCUT2D eigenvalue weighted by Crippen LogP contribution is -2.49. The first-order valence-electron chi connectivity index (χ1n) is 12.1. The van der Waals surface area contributed by atoms with Gasteiger partial charge >= 0.3 is 0 Å². The van der Waals surface area contributed by atoms with E-state index in [4.69, 9.17) is 4.74 Å². The topological polar surface area (TPSA) is 103 Å². The van der Waals surface area contributed by atoms with Crippen LogP contribution in [0.3, 0.4) is 0 Å². The third-order valence-electron chi connectivity index (χ3n) is 6.51. The Morgan fingerprint density at radius 2 is 2.08 bits per heavy atom. The first kappa shape index (κ1) is 25.3. The molecule has 3 atom stereocenters. The van der Waals surface area contributed by atoms with Crippen molar-refractivity contribution in [3.8, 4) is 23.1 Å². The minimum absolute atomic E-state index is 0.00114. The highest BCUT2D eigenvalue weighted by molar-refractivity contribution is 5.98. The second-order valence-corrected chi connectivity index (χ2v) is 9.45. The number of ether oxygens (including phenoxy) is 1. The molecule has 0 spiro atoms. The number of hydrogen-bond donors (Lipinski definition) is 1. The summed E-state index contributed by atoms with van der Waals surface area (Å²) in [5.74, 6) is 0.0502. The number of aromatic nitrogens is 2. The van der Waals surface area contributed by atoms with Crippen LogP contribution in [0.5, 0.6) is 5.88 Å². The zero-order valence-electron chi connectivity index (χ0n) is 20.8. The van der Waals surface area contributed by atoms with Gasteiger partial charge in [0.15, 0.2) is 0 Å². The Morgan fingerprint density at radius 3 is 2.81 bits per heavy atom. The average Bonchev–Trinajstić information content (AvgIpc) is 2.90. The number of benzene rings is 1. The van der Waals surface area contributed by atoms with Crippen LogP contribution in [0.25, 0.3) is 11.1 Å². The van der Waals surface area contributed by atoms with E-state index in [1.165, 1.54) is 0 Å². The lowest BCUT2D eigenvalue weighted by molar-refractivity contribution is 0.0325. The summed E-state index contributed by atoms with van der Waals surface area (Å²) in [4.78, 5) is 26.3. The van der Waals surface area contributed by atoms with Crippen molar-refractivity contribution in [1.82, 2.24) is 19.8 Å². The molecule has 8 nitrogen and oxygen atoms in total. The fourth-order valence-electron chi connectivity index (χ4n) is 4.42. The summed E-state index contributed by atoms with van der Waals surface area (Å²) >= 11 is 0. The van der Waals surface area contributed by atoms with Gasteiger partial charge in [-0.2, -0.15) is 5.26 Å². The molecule has 2 aromatic heterocycles. The fraction of sp³-hybridized carbons (Fsp3) is 0.357. The van der Waals surface area contributed by atoms with E-state index < -0.39 is 0 Å². The van der Waals surface area contributed by atoms with Crippen LogP contribution in [0.2, 0.25) is 0 Å². The van der Waals surface area contributed by atoms with E-state index in [9.17, 15) is 15.2 Å². The first-order valence-corrected chi connectivity index (χ1v) is 12.1. The molecule has 1 aliphatic rings. The van der Waals surface area contributed by atoms with Crippen molar-refractivity contribution in [3.05, 3.63) is 77.7 Å². The van der Waals surface area contributed by atoms with Crippen LogP contribution in [0, 0.1) is 17.2 Å². The first-order chi connectivity index (χ1) is 17.4. The summed E-state index contributed by atoms with van der Waals surface area (Å²) in [7, 11) is 2.03. The molecule has 0 saturated heterocycles. The highest BCUT2D eigenvalue weighted by atomic mass is 16.5. The van der Waals surface area contributed by atoms with Gasteiger partial charge in [0.25, 0.3) is 5.91 Å². The largest absolute Gasteiger partial charge is 0.472 e. The van der Waals surface area contributed by atoms with E-state index in [1.54, 1.807) is 41.6 Å². The number of pyridine rings is 2. The number of carbonyl (C=O) groups is 1. The van der Waals surface area contributed by atoms with Gasteiger partial charge in [0.05, 0.1) is 24.3 Å². The van der Waals surface area contributed by atoms with Crippen molar-refractivity contribution in [2.24, 2.45) is 5.92 Å². The molecule has 0 saturated carbocycles. The minimum atomic E-state index is -0.356. The highest BCUT2D eigenvalue weighted by Crippen LogP contribution is 2.30. The summed E-state index contributed by atoms with van der Waals surface area (Å²) < 4.78 is 6.39. The summed E-state index contributed by atoms with van der Waals surface area (Å²) in [5, 5.41) is 19.2. The Morgan fingerprint density at radius 1 is 1.25 bits per heavy atom. The molecule has 1 N–H and O–H groups in total. The number of amides is 1. The van der Waals surface area contributed by atoms with Crippen LogP contribution < -0.4 is 4.74 Å². The van der Waals surface area contributed by atoms with Crippen LogP contribution in [0.15, 0.2) is 61.1 Å². The molecular formula is C28H31N5O3. The van der Waals surface area contributed by atoms with Gasteiger partial charge in [-0.05, 0) is 49.4 Å². The monoisotopic (exact) mass is 485 g/mol. The lowest BCUT2D eigenvalue weighted by Gasteiger charge is -2.37. The molecule has 3 aromatic rings. The van der Waals surface area contributed by atoms with Crippen LogP contribution in [-0.2, 0) is 6.54 Å². The van der Waals surface area contributed by atoms with Crippen molar-refractivity contribution in [3.63, 3.8) is 0 Å². The Balaban J connectivity index is 1.67. The molecule has 36 heavy (non-hydrogen) atoms. The molecule has 0 bridgehead atoms. The van der Waals surface area contributed by atoms with Gasteiger partial charge in [0, 0.05) is 49.7 Å². The van der Waals surface area contributed by atoms with E-state index in [-0.39, 0.29) is 36.5 Å². The molecule has 186 valence electrons. The molecule has 8 heteroatoms. The summed E-state index contributed by atoms with van der Waals surface area (Å²) in [6.07, 6.45) is 5.05. The Kier molecular flexibility index (Phi) is 7.93.